The molecule has 0 atom stereocenters. The summed E-state index contributed by atoms with van der Waals surface area (Å²) < 4.78 is 27.5. The van der Waals surface area contributed by atoms with E-state index in [0.717, 1.165) is 4.90 Å². The zero-order chi connectivity index (χ0) is 13.7. The van der Waals surface area contributed by atoms with E-state index in [0.29, 0.717) is 21.0 Å². The van der Waals surface area contributed by atoms with E-state index in [2.05, 4.69) is 20.7 Å². The predicted octanol–water partition coefficient (Wildman–Crippen LogP) is 3.58. The maximum Gasteiger partial charge on any atom is 0.251 e. The minimum Gasteiger partial charge on any atom is -0.210 e. The van der Waals surface area contributed by atoms with Gasteiger partial charge in [-0.05, 0) is 39.5 Å². The topological polar surface area (TPSA) is 46.2 Å². The van der Waals surface area contributed by atoms with Crippen molar-refractivity contribution in [2.24, 2.45) is 0 Å². The van der Waals surface area contributed by atoms with E-state index in [1.54, 1.807) is 23.2 Å². The van der Waals surface area contributed by atoms with Gasteiger partial charge in [0.15, 0.2) is 0 Å². The Bertz CT molecular complexity index is 625. The Labute approximate surface area is 129 Å². The van der Waals surface area contributed by atoms with Gasteiger partial charge in [-0.3, -0.25) is 0 Å². The summed E-state index contributed by atoms with van der Waals surface area (Å²) in [5.74, 6) is 0.701. The molecular formula is C12H12BrNO2S3. The van der Waals surface area contributed by atoms with Gasteiger partial charge < -0.3 is 0 Å². The largest absolute Gasteiger partial charge is 0.251 e. The van der Waals surface area contributed by atoms with Crippen molar-refractivity contribution >= 4 is 49.1 Å². The van der Waals surface area contributed by atoms with Crippen molar-refractivity contribution in [3.05, 3.63) is 46.3 Å². The van der Waals surface area contributed by atoms with Crippen LogP contribution >= 0.6 is 39.0 Å². The molecule has 2 rings (SSSR count). The van der Waals surface area contributed by atoms with Crippen LogP contribution in [0.2, 0.25) is 0 Å². The minimum absolute atomic E-state index is 0.331. The van der Waals surface area contributed by atoms with Gasteiger partial charge >= 0.3 is 0 Å². The second-order valence-electron chi connectivity index (χ2n) is 3.62. The molecule has 19 heavy (non-hydrogen) atoms. The third kappa shape index (κ3) is 4.32. The predicted molar refractivity (Wildman–Crippen MR) is 84.4 cm³/mol. The standard InChI is InChI=1S/C12H12BrNO2S3/c13-11-6-8-18-12(11)19(15,16)14-7-9-17-10-4-2-1-3-5-10/h1-6,8,14H,7,9H2. The quantitative estimate of drug-likeness (QED) is 0.617. The highest BCUT2D eigenvalue weighted by atomic mass is 79.9. The second-order valence-corrected chi connectivity index (χ2v) is 8.52. The fourth-order valence-electron chi connectivity index (χ4n) is 1.40. The summed E-state index contributed by atoms with van der Waals surface area (Å²) in [6.45, 7) is 0.409. The van der Waals surface area contributed by atoms with Crippen molar-refractivity contribution in [2.75, 3.05) is 12.3 Å². The molecule has 0 saturated heterocycles. The third-order valence-corrected chi connectivity index (χ3v) is 7.38. The third-order valence-electron chi connectivity index (χ3n) is 2.23. The van der Waals surface area contributed by atoms with E-state index in [4.69, 9.17) is 0 Å². The molecule has 1 heterocycles. The normalized spacial score (nSPS) is 11.6. The van der Waals surface area contributed by atoms with E-state index < -0.39 is 10.0 Å². The molecular weight excluding hydrogens is 366 g/mol. The van der Waals surface area contributed by atoms with Crippen molar-refractivity contribution < 1.29 is 8.42 Å². The van der Waals surface area contributed by atoms with Crippen LogP contribution in [0.5, 0.6) is 0 Å². The SMILES string of the molecule is O=S(=O)(NCCSc1ccccc1)c1sccc1Br. The summed E-state index contributed by atoms with van der Waals surface area (Å²) in [7, 11) is -3.39. The summed E-state index contributed by atoms with van der Waals surface area (Å²) in [4.78, 5) is 1.14. The van der Waals surface area contributed by atoms with E-state index in [9.17, 15) is 8.42 Å². The van der Waals surface area contributed by atoms with Crippen LogP contribution in [0, 0.1) is 0 Å². The van der Waals surface area contributed by atoms with Gasteiger partial charge in [0.25, 0.3) is 10.0 Å². The molecule has 0 radical (unpaired) electrons. The molecule has 7 heteroatoms. The molecule has 0 aliphatic carbocycles. The van der Waals surface area contributed by atoms with Crippen molar-refractivity contribution in [1.82, 2.24) is 4.72 Å². The van der Waals surface area contributed by atoms with Gasteiger partial charge in [-0.25, -0.2) is 13.1 Å². The van der Waals surface area contributed by atoms with E-state index >= 15 is 0 Å². The number of halogens is 1. The molecule has 0 unspecified atom stereocenters. The number of rotatable bonds is 6. The summed E-state index contributed by atoms with van der Waals surface area (Å²) in [5.41, 5.74) is 0. The molecule has 2 aromatic rings. The average Bonchev–Trinajstić information content (AvgIpc) is 2.83. The van der Waals surface area contributed by atoms with Crippen LogP contribution in [0.15, 0.2) is 55.4 Å². The molecule has 0 fully saturated rings. The lowest BCUT2D eigenvalue weighted by molar-refractivity contribution is 0.586. The van der Waals surface area contributed by atoms with Crippen LogP contribution in [0.25, 0.3) is 0 Å². The van der Waals surface area contributed by atoms with Crippen molar-refractivity contribution in [3.8, 4) is 0 Å². The fourth-order valence-corrected chi connectivity index (χ4v) is 5.73. The summed E-state index contributed by atoms with van der Waals surface area (Å²) in [6, 6.07) is 11.6. The van der Waals surface area contributed by atoms with Crippen LogP contribution < -0.4 is 4.72 Å². The van der Waals surface area contributed by atoms with Crippen molar-refractivity contribution in [2.45, 2.75) is 9.10 Å². The number of thioether (sulfide) groups is 1. The van der Waals surface area contributed by atoms with Gasteiger partial charge in [0.2, 0.25) is 0 Å². The van der Waals surface area contributed by atoms with Gasteiger partial charge in [-0.15, -0.1) is 23.1 Å². The maximum absolute atomic E-state index is 12.0. The van der Waals surface area contributed by atoms with Crippen molar-refractivity contribution in [3.63, 3.8) is 0 Å². The Morgan fingerprint density at radius 2 is 1.95 bits per heavy atom. The second kappa shape index (κ2) is 6.90. The van der Waals surface area contributed by atoms with Gasteiger partial charge in [0, 0.05) is 21.7 Å². The Kier molecular flexibility index (Phi) is 5.47. The number of sulfonamides is 1. The van der Waals surface area contributed by atoms with Crippen LogP contribution in [0.3, 0.4) is 0 Å². The first-order valence-electron chi connectivity index (χ1n) is 5.50. The van der Waals surface area contributed by atoms with E-state index in [1.165, 1.54) is 11.3 Å². The van der Waals surface area contributed by atoms with Crippen LogP contribution in [-0.4, -0.2) is 20.7 Å². The molecule has 0 amide bonds. The van der Waals surface area contributed by atoms with Gasteiger partial charge in [-0.2, -0.15) is 0 Å². The fraction of sp³-hybridized carbons (Fsp3) is 0.167. The molecule has 1 N–H and O–H groups in total. The highest BCUT2D eigenvalue weighted by Crippen LogP contribution is 2.27. The average molecular weight is 378 g/mol. The smallest absolute Gasteiger partial charge is 0.210 e. The number of hydrogen-bond acceptors (Lipinski definition) is 4. The molecule has 1 aromatic carbocycles. The lowest BCUT2D eigenvalue weighted by atomic mass is 10.4. The van der Waals surface area contributed by atoms with Crippen LogP contribution in [0.4, 0.5) is 0 Å². The molecule has 1 aromatic heterocycles. The van der Waals surface area contributed by atoms with Gasteiger partial charge in [-0.1, -0.05) is 18.2 Å². The Balaban J connectivity index is 1.85. The lowest BCUT2D eigenvalue weighted by Gasteiger charge is -2.05. The molecule has 0 saturated carbocycles. The lowest BCUT2D eigenvalue weighted by Crippen LogP contribution is -2.25. The van der Waals surface area contributed by atoms with Gasteiger partial charge in [0.1, 0.15) is 4.21 Å². The first-order chi connectivity index (χ1) is 9.09. The molecule has 0 spiro atoms. The van der Waals surface area contributed by atoms with E-state index in [-0.39, 0.29) is 0 Å². The number of nitrogens with one attached hydrogen (secondary N) is 1. The first kappa shape index (κ1) is 15.1. The zero-order valence-corrected chi connectivity index (χ0v) is 13.9. The van der Waals surface area contributed by atoms with Gasteiger partial charge in [0.05, 0.1) is 0 Å². The molecule has 0 aliphatic rings. The van der Waals surface area contributed by atoms with Crippen LogP contribution in [0.1, 0.15) is 0 Å². The highest BCUT2D eigenvalue weighted by molar-refractivity contribution is 9.10. The zero-order valence-electron chi connectivity index (χ0n) is 9.87. The molecule has 3 nitrogen and oxygen atoms in total. The van der Waals surface area contributed by atoms with Crippen LogP contribution in [-0.2, 0) is 10.0 Å². The maximum atomic E-state index is 12.0. The first-order valence-corrected chi connectivity index (χ1v) is 9.64. The van der Waals surface area contributed by atoms with E-state index in [1.807, 2.05) is 30.3 Å². The molecule has 102 valence electrons. The Morgan fingerprint density at radius 3 is 2.58 bits per heavy atom. The Morgan fingerprint density at radius 1 is 1.21 bits per heavy atom. The molecule has 0 bridgehead atoms. The van der Waals surface area contributed by atoms with Crippen molar-refractivity contribution in [1.29, 1.82) is 0 Å². The minimum atomic E-state index is -3.39. The highest BCUT2D eigenvalue weighted by Gasteiger charge is 2.18. The molecule has 0 aliphatic heterocycles. The number of thiophene rings is 1. The Hall–Kier alpha value is -0.340. The number of benzene rings is 1. The number of hydrogen-bond donors (Lipinski definition) is 1. The monoisotopic (exact) mass is 377 g/mol. The summed E-state index contributed by atoms with van der Waals surface area (Å²) >= 11 is 6.07. The summed E-state index contributed by atoms with van der Waals surface area (Å²) in [5, 5.41) is 1.75. The summed E-state index contributed by atoms with van der Waals surface area (Å²) in [6.07, 6.45) is 0.